The Morgan fingerprint density at radius 3 is 2.45 bits per heavy atom. The second-order valence-corrected chi connectivity index (χ2v) is 3.18. The smallest absolute Gasteiger partial charge is 0.152 e. The first-order valence-corrected chi connectivity index (χ1v) is 4.08. The molecule has 1 aromatic carbocycles. The van der Waals surface area contributed by atoms with Crippen LogP contribution in [0.25, 0.3) is 0 Å². The Kier molecular flexibility index (Phi) is 2.93. The van der Waals surface area contributed by atoms with Gasteiger partial charge in [0.1, 0.15) is 5.02 Å². The normalized spacial score (nSPS) is 9.82. The van der Waals surface area contributed by atoms with Gasteiger partial charge >= 0.3 is 0 Å². The highest BCUT2D eigenvalue weighted by Gasteiger charge is 2.07. The summed E-state index contributed by atoms with van der Waals surface area (Å²) in [5.41, 5.74) is 0. The van der Waals surface area contributed by atoms with Gasteiger partial charge in [-0.1, -0.05) is 23.2 Å². The molecule has 0 spiro atoms. The van der Waals surface area contributed by atoms with Gasteiger partial charge in [0.05, 0.1) is 12.1 Å². The molecule has 0 N–H and O–H groups in total. The van der Waals surface area contributed by atoms with Crippen molar-refractivity contribution in [1.29, 1.82) is 0 Å². The molecule has 0 aliphatic carbocycles. The fraction of sp³-hybridized carbons (Fsp3) is 0.143. The first-order valence-electron chi connectivity index (χ1n) is 2.87. The number of rotatable bonds is 1. The summed E-state index contributed by atoms with van der Waals surface area (Å²) in [5, 5.41) is 0.878. The van der Waals surface area contributed by atoms with Crippen molar-refractivity contribution in [2.75, 3.05) is 7.11 Å². The van der Waals surface area contributed by atoms with Crippen molar-refractivity contribution in [3.63, 3.8) is 0 Å². The highest BCUT2D eigenvalue weighted by Crippen LogP contribution is 2.36. The van der Waals surface area contributed by atoms with Crippen LogP contribution < -0.4 is 4.74 Å². The molecule has 60 valence electrons. The van der Waals surface area contributed by atoms with E-state index >= 15 is 0 Å². The SMILES string of the molecule is COc1c(S)ccc(Cl)c1Cl. The molecule has 0 aliphatic heterocycles. The van der Waals surface area contributed by atoms with Crippen LogP contribution in [0.15, 0.2) is 17.0 Å². The van der Waals surface area contributed by atoms with Gasteiger partial charge in [0.15, 0.2) is 5.75 Å². The highest BCUT2D eigenvalue weighted by atomic mass is 35.5. The molecule has 0 unspecified atom stereocenters. The zero-order chi connectivity index (χ0) is 8.43. The molecule has 1 nitrogen and oxygen atoms in total. The fourth-order valence-electron chi connectivity index (χ4n) is 0.716. The summed E-state index contributed by atoms with van der Waals surface area (Å²) in [5.74, 6) is 0.516. The van der Waals surface area contributed by atoms with Gasteiger partial charge in [-0.3, -0.25) is 0 Å². The molecule has 11 heavy (non-hydrogen) atoms. The summed E-state index contributed by atoms with van der Waals surface area (Å²) >= 11 is 15.6. The lowest BCUT2D eigenvalue weighted by Crippen LogP contribution is -1.85. The zero-order valence-corrected chi connectivity index (χ0v) is 8.17. The highest BCUT2D eigenvalue weighted by molar-refractivity contribution is 7.80. The third kappa shape index (κ3) is 1.75. The van der Waals surface area contributed by atoms with E-state index in [2.05, 4.69) is 12.6 Å². The summed E-state index contributed by atoms with van der Waals surface area (Å²) < 4.78 is 4.96. The molecule has 0 aliphatic rings. The van der Waals surface area contributed by atoms with E-state index in [1.165, 1.54) is 7.11 Å². The van der Waals surface area contributed by atoms with Gasteiger partial charge in [-0.05, 0) is 12.1 Å². The van der Waals surface area contributed by atoms with Crippen LogP contribution in [-0.2, 0) is 0 Å². The van der Waals surface area contributed by atoms with E-state index in [0.29, 0.717) is 20.7 Å². The summed E-state index contributed by atoms with van der Waals surface area (Å²) in [7, 11) is 1.53. The first-order chi connectivity index (χ1) is 5.16. The lowest BCUT2D eigenvalue weighted by atomic mass is 10.3. The maximum absolute atomic E-state index is 5.79. The van der Waals surface area contributed by atoms with E-state index in [1.807, 2.05) is 0 Å². The number of methoxy groups -OCH3 is 1. The third-order valence-corrected chi connectivity index (χ3v) is 2.37. The number of ether oxygens (including phenoxy) is 1. The van der Waals surface area contributed by atoms with E-state index in [4.69, 9.17) is 27.9 Å². The molecule has 1 aromatic rings. The maximum Gasteiger partial charge on any atom is 0.152 e. The second-order valence-electron chi connectivity index (χ2n) is 1.91. The standard InChI is InChI=1S/C7H6Cl2OS/c1-10-7-5(11)3-2-4(8)6(7)9/h2-3,11H,1H3. The lowest BCUT2D eigenvalue weighted by Gasteiger charge is -2.06. The van der Waals surface area contributed by atoms with Gasteiger partial charge in [0.2, 0.25) is 0 Å². The summed E-state index contributed by atoms with van der Waals surface area (Å²) in [6.07, 6.45) is 0. The molecule has 1 rings (SSSR count). The Bertz CT molecular complexity index is 275. The number of thiol groups is 1. The Labute approximate surface area is 80.7 Å². The van der Waals surface area contributed by atoms with Crippen LogP contribution >= 0.6 is 35.8 Å². The van der Waals surface area contributed by atoms with Crippen LogP contribution in [0.1, 0.15) is 0 Å². The van der Waals surface area contributed by atoms with Crippen LogP contribution in [0.4, 0.5) is 0 Å². The van der Waals surface area contributed by atoms with E-state index in [-0.39, 0.29) is 0 Å². The predicted molar refractivity (Wildman–Crippen MR) is 50.3 cm³/mol. The Morgan fingerprint density at radius 2 is 2.00 bits per heavy atom. The average Bonchev–Trinajstić information content (AvgIpc) is 1.99. The average molecular weight is 209 g/mol. The minimum absolute atomic E-state index is 0.404. The van der Waals surface area contributed by atoms with Crippen LogP contribution in [0, 0.1) is 0 Å². The van der Waals surface area contributed by atoms with Crippen molar-refractivity contribution < 1.29 is 4.74 Å². The van der Waals surface area contributed by atoms with E-state index in [0.717, 1.165) is 0 Å². The summed E-state index contributed by atoms with van der Waals surface area (Å²) in [6.45, 7) is 0. The van der Waals surface area contributed by atoms with Crippen molar-refractivity contribution in [3.8, 4) is 5.75 Å². The molecule has 0 heterocycles. The minimum atomic E-state index is 0.404. The molecule has 0 saturated carbocycles. The van der Waals surface area contributed by atoms with Crippen LogP contribution in [0.2, 0.25) is 10.0 Å². The van der Waals surface area contributed by atoms with Crippen molar-refractivity contribution >= 4 is 35.8 Å². The largest absolute Gasteiger partial charge is 0.494 e. The van der Waals surface area contributed by atoms with Gasteiger partial charge < -0.3 is 4.74 Å². The van der Waals surface area contributed by atoms with E-state index < -0.39 is 0 Å². The van der Waals surface area contributed by atoms with Crippen molar-refractivity contribution in [3.05, 3.63) is 22.2 Å². The van der Waals surface area contributed by atoms with Crippen LogP contribution in [0.3, 0.4) is 0 Å². The predicted octanol–water partition coefficient (Wildman–Crippen LogP) is 3.29. The summed E-state index contributed by atoms with van der Waals surface area (Å²) in [6, 6.07) is 3.41. The number of hydrogen-bond donors (Lipinski definition) is 1. The topological polar surface area (TPSA) is 9.23 Å². The fourth-order valence-corrected chi connectivity index (χ4v) is 1.45. The zero-order valence-electron chi connectivity index (χ0n) is 5.77. The molecule has 0 aromatic heterocycles. The van der Waals surface area contributed by atoms with Crippen LogP contribution in [-0.4, -0.2) is 7.11 Å². The second kappa shape index (κ2) is 3.57. The third-order valence-electron chi connectivity index (χ3n) is 1.23. The minimum Gasteiger partial charge on any atom is -0.494 e. The van der Waals surface area contributed by atoms with Gasteiger partial charge in [-0.2, -0.15) is 0 Å². The Morgan fingerprint density at radius 1 is 1.36 bits per heavy atom. The van der Waals surface area contributed by atoms with Gasteiger partial charge in [0.25, 0.3) is 0 Å². The molecular weight excluding hydrogens is 203 g/mol. The number of hydrogen-bond acceptors (Lipinski definition) is 2. The van der Waals surface area contributed by atoms with Crippen LogP contribution in [0.5, 0.6) is 5.75 Å². The molecule has 0 atom stereocenters. The molecule has 0 radical (unpaired) electrons. The van der Waals surface area contributed by atoms with Gasteiger partial charge in [0, 0.05) is 4.90 Å². The van der Waals surface area contributed by atoms with Gasteiger partial charge in [-0.15, -0.1) is 12.6 Å². The number of benzene rings is 1. The number of halogens is 2. The molecule has 0 saturated heterocycles. The quantitative estimate of drug-likeness (QED) is 0.698. The molecular formula is C7H6Cl2OS. The van der Waals surface area contributed by atoms with Crippen molar-refractivity contribution in [2.45, 2.75) is 4.90 Å². The molecule has 0 bridgehead atoms. The first kappa shape index (κ1) is 9.04. The van der Waals surface area contributed by atoms with E-state index in [9.17, 15) is 0 Å². The maximum atomic E-state index is 5.79. The van der Waals surface area contributed by atoms with E-state index in [1.54, 1.807) is 12.1 Å². The Hall–Kier alpha value is -0.0500. The monoisotopic (exact) mass is 208 g/mol. The summed E-state index contributed by atoms with van der Waals surface area (Å²) in [4.78, 5) is 0.682. The molecule has 0 amide bonds. The van der Waals surface area contributed by atoms with Crippen molar-refractivity contribution in [1.82, 2.24) is 0 Å². The molecule has 0 fully saturated rings. The van der Waals surface area contributed by atoms with Gasteiger partial charge in [-0.25, -0.2) is 0 Å². The lowest BCUT2D eigenvalue weighted by molar-refractivity contribution is 0.405. The Balaban J connectivity index is 3.29. The van der Waals surface area contributed by atoms with Crippen molar-refractivity contribution in [2.24, 2.45) is 0 Å². The molecule has 4 heteroatoms.